The fourth-order valence-electron chi connectivity index (χ4n) is 3.28. The fraction of sp³-hybridized carbons (Fsp3) is 0.722. The second-order valence-corrected chi connectivity index (χ2v) is 6.65. The summed E-state index contributed by atoms with van der Waals surface area (Å²) in [5.41, 5.74) is 1.27. The predicted molar refractivity (Wildman–Crippen MR) is 90.7 cm³/mol. The van der Waals surface area contributed by atoms with Crippen molar-refractivity contribution in [2.45, 2.75) is 53.0 Å². The van der Waals surface area contributed by atoms with E-state index in [2.05, 4.69) is 50.0 Å². The lowest BCUT2D eigenvalue weighted by Gasteiger charge is -2.23. The first kappa shape index (κ1) is 16.3. The number of pyridine rings is 1. The molecule has 2 rings (SSSR count). The van der Waals surface area contributed by atoms with Crippen molar-refractivity contribution in [3.63, 3.8) is 0 Å². The summed E-state index contributed by atoms with van der Waals surface area (Å²) >= 11 is 0. The highest BCUT2D eigenvalue weighted by molar-refractivity contribution is 5.40. The average Bonchev–Trinajstić information content (AvgIpc) is 2.73. The summed E-state index contributed by atoms with van der Waals surface area (Å²) in [6.45, 7) is 12.3. The molecule has 0 aliphatic carbocycles. The summed E-state index contributed by atoms with van der Waals surface area (Å²) < 4.78 is 0. The van der Waals surface area contributed by atoms with Crippen LogP contribution in [0.15, 0.2) is 18.3 Å². The quantitative estimate of drug-likeness (QED) is 0.887. The van der Waals surface area contributed by atoms with Crippen LogP contribution in [0, 0.1) is 11.8 Å². The molecule has 1 aromatic rings. The Hall–Kier alpha value is -1.09. The Balaban J connectivity index is 1.98. The molecule has 21 heavy (non-hydrogen) atoms. The normalized spacial score (nSPS) is 21.4. The average molecular weight is 289 g/mol. The summed E-state index contributed by atoms with van der Waals surface area (Å²) in [5.74, 6) is 2.83. The highest BCUT2D eigenvalue weighted by Crippen LogP contribution is 2.26. The molecule has 1 aromatic heterocycles. The van der Waals surface area contributed by atoms with Crippen molar-refractivity contribution in [1.82, 2.24) is 10.3 Å². The molecule has 0 saturated carbocycles. The number of hydrogen-bond acceptors (Lipinski definition) is 3. The molecule has 0 aromatic carbocycles. The molecule has 2 atom stereocenters. The van der Waals surface area contributed by atoms with Crippen LogP contribution >= 0.6 is 0 Å². The van der Waals surface area contributed by atoms with Crippen LogP contribution in [0.4, 0.5) is 5.82 Å². The van der Waals surface area contributed by atoms with E-state index in [4.69, 9.17) is 4.98 Å². The highest BCUT2D eigenvalue weighted by atomic mass is 15.2. The second kappa shape index (κ2) is 7.79. The molecule has 118 valence electrons. The van der Waals surface area contributed by atoms with Crippen LogP contribution in [-0.2, 0) is 0 Å². The Morgan fingerprint density at radius 1 is 1.24 bits per heavy atom. The van der Waals surface area contributed by atoms with Gasteiger partial charge in [0.05, 0.1) is 0 Å². The van der Waals surface area contributed by atoms with E-state index in [1.807, 2.05) is 6.20 Å². The van der Waals surface area contributed by atoms with Gasteiger partial charge in [-0.05, 0) is 56.2 Å². The molecule has 2 heterocycles. The maximum Gasteiger partial charge on any atom is 0.128 e. The zero-order chi connectivity index (χ0) is 15.2. The van der Waals surface area contributed by atoms with Crippen molar-refractivity contribution in [1.29, 1.82) is 0 Å². The van der Waals surface area contributed by atoms with Crippen LogP contribution in [0.2, 0.25) is 0 Å². The van der Waals surface area contributed by atoms with Crippen molar-refractivity contribution < 1.29 is 0 Å². The zero-order valence-corrected chi connectivity index (χ0v) is 14.1. The van der Waals surface area contributed by atoms with Crippen LogP contribution in [0.25, 0.3) is 0 Å². The smallest absolute Gasteiger partial charge is 0.128 e. The van der Waals surface area contributed by atoms with Gasteiger partial charge in [0.2, 0.25) is 0 Å². The van der Waals surface area contributed by atoms with Gasteiger partial charge in [-0.1, -0.05) is 26.8 Å². The lowest BCUT2D eigenvalue weighted by Crippen LogP contribution is -2.25. The van der Waals surface area contributed by atoms with E-state index in [0.29, 0.717) is 6.04 Å². The second-order valence-electron chi connectivity index (χ2n) is 6.65. The first-order chi connectivity index (χ1) is 10.1. The first-order valence-corrected chi connectivity index (χ1v) is 8.56. The monoisotopic (exact) mass is 289 g/mol. The fourth-order valence-corrected chi connectivity index (χ4v) is 3.28. The first-order valence-electron chi connectivity index (χ1n) is 8.56. The maximum absolute atomic E-state index is 4.70. The summed E-state index contributed by atoms with van der Waals surface area (Å²) in [6.07, 6.45) is 5.99. The van der Waals surface area contributed by atoms with Crippen molar-refractivity contribution >= 4 is 5.82 Å². The molecule has 0 bridgehead atoms. The minimum atomic E-state index is 0.381. The number of anilines is 1. The van der Waals surface area contributed by atoms with Gasteiger partial charge in [0, 0.05) is 25.3 Å². The molecule has 3 nitrogen and oxygen atoms in total. The molecule has 0 spiro atoms. The number of aromatic nitrogens is 1. The predicted octanol–water partition coefficient (Wildman–Crippen LogP) is 4.01. The third-order valence-corrected chi connectivity index (χ3v) is 4.82. The largest absolute Gasteiger partial charge is 0.357 e. The van der Waals surface area contributed by atoms with Crippen molar-refractivity contribution in [2.24, 2.45) is 11.8 Å². The summed E-state index contributed by atoms with van der Waals surface area (Å²) in [5, 5.41) is 3.44. The van der Waals surface area contributed by atoms with E-state index < -0.39 is 0 Å². The van der Waals surface area contributed by atoms with Gasteiger partial charge >= 0.3 is 0 Å². The minimum absolute atomic E-state index is 0.381. The van der Waals surface area contributed by atoms with Crippen molar-refractivity contribution in [3.8, 4) is 0 Å². The van der Waals surface area contributed by atoms with Gasteiger partial charge in [-0.3, -0.25) is 0 Å². The SMILES string of the molecule is CCNC(C)c1ccc(N2CCCC(C(C)C)CC2)nc1. The van der Waals surface area contributed by atoms with E-state index in [-0.39, 0.29) is 0 Å². The summed E-state index contributed by atoms with van der Waals surface area (Å²) in [4.78, 5) is 7.17. The Kier molecular flexibility index (Phi) is 6.04. The van der Waals surface area contributed by atoms with Crippen LogP contribution in [-0.4, -0.2) is 24.6 Å². The number of rotatable bonds is 5. The Labute approximate surface area is 130 Å². The van der Waals surface area contributed by atoms with Gasteiger partial charge in [0.15, 0.2) is 0 Å². The van der Waals surface area contributed by atoms with Gasteiger partial charge < -0.3 is 10.2 Å². The molecule has 0 radical (unpaired) electrons. The molecule has 1 N–H and O–H groups in total. The van der Waals surface area contributed by atoms with E-state index in [1.165, 1.54) is 24.8 Å². The van der Waals surface area contributed by atoms with Gasteiger partial charge in [0.25, 0.3) is 0 Å². The number of nitrogens with zero attached hydrogens (tertiary/aromatic N) is 2. The molecule has 0 amide bonds. The number of hydrogen-bond donors (Lipinski definition) is 1. The Morgan fingerprint density at radius 2 is 2.05 bits per heavy atom. The van der Waals surface area contributed by atoms with Crippen LogP contribution in [0.5, 0.6) is 0 Å². The van der Waals surface area contributed by atoms with Gasteiger partial charge in [-0.15, -0.1) is 0 Å². The topological polar surface area (TPSA) is 28.2 Å². The zero-order valence-electron chi connectivity index (χ0n) is 14.1. The van der Waals surface area contributed by atoms with Gasteiger partial charge in [-0.2, -0.15) is 0 Å². The molecule has 2 unspecified atom stereocenters. The Bertz CT molecular complexity index is 413. The van der Waals surface area contributed by atoms with Crippen LogP contribution in [0.1, 0.15) is 58.6 Å². The molecule has 3 heteroatoms. The van der Waals surface area contributed by atoms with E-state index >= 15 is 0 Å². The third kappa shape index (κ3) is 4.44. The molecule has 1 aliphatic rings. The molecule has 1 saturated heterocycles. The van der Waals surface area contributed by atoms with Crippen LogP contribution in [0.3, 0.4) is 0 Å². The summed E-state index contributed by atoms with van der Waals surface area (Å²) in [7, 11) is 0. The molecule has 1 fully saturated rings. The van der Waals surface area contributed by atoms with Gasteiger partial charge in [0.1, 0.15) is 5.82 Å². The lowest BCUT2D eigenvalue weighted by molar-refractivity contribution is 0.351. The lowest BCUT2D eigenvalue weighted by atomic mass is 9.89. The minimum Gasteiger partial charge on any atom is -0.357 e. The molecular weight excluding hydrogens is 258 g/mol. The highest BCUT2D eigenvalue weighted by Gasteiger charge is 2.20. The van der Waals surface area contributed by atoms with Gasteiger partial charge in [-0.25, -0.2) is 4.98 Å². The van der Waals surface area contributed by atoms with E-state index in [1.54, 1.807) is 0 Å². The molecular formula is C18H31N3. The summed E-state index contributed by atoms with van der Waals surface area (Å²) in [6, 6.07) is 4.80. The Morgan fingerprint density at radius 3 is 2.67 bits per heavy atom. The van der Waals surface area contributed by atoms with E-state index in [9.17, 15) is 0 Å². The third-order valence-electron chi connectivity index (χ3n) is 4.82. The van der Waals surface area contributed by atoms with Crippen molar-refractivity contribution in [3.05, 3.63) is 23.9 Å². The standard InChI is InChI=1S/C18H31N3/c1-5-19-15(4)17-8-9-18(20-13-17)21-11-6-7-16(10-12-21)14(2)3/h8-9,13-16,19H,5-7,10-12H2,1-4H3. The van der Waals surface area contributed by atoms with Crippen molar-refractivity contribution in [2.75, 3.05) is 24.5 Å². The molecule has 1 aliphatic heterocycles. The van der Waals surface area contributed by atoms with Crippen LogP contribution < -0.4 is 10.2 Å². The maximum atomic E-state index is 4.70. The number of nitrogens with one attached hydrogen (secondary N) is 1. The van der Waals surface area contributed by atoms with E-state index in [0.717, 1.165) is 37.3 Å².